The Morgan fingerprint density at radius 3 is 2.70 bits per heavy atom. The average Bonchev–Trinajstić information content (AvgIpc) is 2.95. The van der Waals surface area contributed by atoms with Gasteiger partial charge in [-0.1, -0.05) is 0 Å². The zero-order valence-corrected chi connectivity index (χ0v) is 16.1. The van der Waals surface area contributed by atoms with Crippen LogP contribution in [0.2, 0.25) is 0 Å². The lowest BCUT2D eigenvalue weighted by Gasteiger charge is -2.42. The smallest absolute Gasteiger partial charge is 0.254 e. The maximum absolute atomic E-state index is 13.0. The molecule has 1 aromatic heterocycles. The van der Waals surface area contributed by atoms with Gasteiger partial charge >= 0.3 is 0 Å². The van der Waals surface area contributed by atoms with E-state index in [1.807, 2.05) is 36.3 Å². The molecule has 0 aliphatic carbocycles. The van der Waals surface area contributed by atoms with E-state index in [1.54, 1.807) is 17.0 Å². The molecule has 1 aliphatic rings. The number of rotatable bonds is 5. The molecule has 146 valence electrons. The van der Waals surface area contributed by atoms with E-state index in [4.69, 9.17) is 5.73 Å². The van der Waals surface area contributed by atoms with Crippen LogP contribution in [-0.4, -0.2) is 74.6 Å². The van der Waals surface area contributed by atoms with Crippen LogP contribution in [0.1, 0.15) is 30.0 Å². The fraction of sp³-hybridized carbons (Fsp3) is 0.526. The minimum Gasteiger partial charge on any atom is -0.395 e. The second-order valence-electron chi connectivity index (χ2n) is 7.24. The molecule has 2 aromatic rings. The zero-order chi connectivity index (χ0) is 19.7. The first-order valence-corrected chi connectivity index (χ1v) is 9.25. The van der Waals surface area contributed by atoms with Gasteiger partial charge in [-0.25, -0.2) is 4.98 Å². The Hall–Kier alpha value is -2.45. The van der Waals surface area contributed by atoms with Gasteiger partial charge in [-0.3, -0.25) is 14.5 Å². The molecule has 0 radical (unpaired) electrons. The van der Waals surface area contributed by atoms with Crippen molar-refractivity contribution in [2.75, 3.05) is 26.2 Å². The quantitative estimate of drug-likeness (QED) is 0.787. The second kappa shape index (κ2) is 7.66. The van der Waals surface area contributed by atoms with Crippen LogP contribution >= 0.6 is 0 Å². The van der Waals surface area contributed by atoms with E-state index in [9.17, 15) is 14.7 Å². The summed E-state index contributed by atoms with van der Waals surface area (Å²) < 4.78 is 1.92. The molecule has 0 spiro atoms. The number of aliphatic hydroxyl groups excluding tert-OH is 1. The largest absolute Gasteiger partial charge is 0.395 e. The highest BCUT2D eigenvalue weighted by molar-refractivity contribution is 5.98. The van der Waals surface area contributed by atoms with Gasteiger partial charge in [0.05, 0.1) is 17.6 Å². The summed E-state index contributed by atoms with van der Waals surface area (Å²) in [5, 5.41) is 9.21. The molecule has 1 atom stereocenters. The molecule has 1 aromatic carbocycles. The van der Waals surface area contributed by atoms with E-state index in [1.165, 1.54) is 0 Å². The van der Waals surface area contributed by atoms with E-state index in [-0.39, 0.29) is 18.6 Å². The number of nitrogens with zero attached hydrogens (tertiary/aromatic N) is 4. The standard InChI is InChI=1S/C19H27N5O3/c1-12(2)23-7-6-22(11-17(23)18(20)26)19(27)14-4-5-16-15(10-14)21-13(3)24(16)8-9-25/h4-5,10,12,17,25H,6-9,11H2,1-3H3,(H2,20,26). The molecule has 3 rings (SSSR count). The van der Waals surface area contributed by atoms with Crippen molar-refractivity contribution in [2.45, 2.75) is 39.4 Å². The van der Waals surface area contributed by atoms with Crippen LogP contribution in [0.5, 0.6) is 0 Å². The van der Waals surface area contributed by atoms with Crippen molar-refractivity contribution in [2.24, 2.45) is 5.73 Å². The summed E-state index contributed by atoms with van der Waals surface area (Å²) in [4.78, 5) is 33.1. The monoisotopic (exact) mass is 373 g/mol. The summed E-state index contributed by atoms with van der Waals surface area (Å²) >= 11 is 0. The number of benzene rings is 1. The Bertz CT molecular complexity index is 860. The molecule has 1 unspecified atom stereocenters. The first-order chi connectivity index (χ1) is 12.8. The first kappa shape index (κ1) is 19.3. The van der Waals surface area contributed by atoms with Crippen LogP contribution in [0.15, 0.2) is 18.2 Å². The van der Waals surface area contributed by atoms with Crippen molar-refractivity contribution in [3.63, 3.8) is 0 Å². The van der Waals surface area contributed by atoms with Crippen molar-refractivity contribution in [1.82, 2.24) is 19.4 Å². The number of amides is 2. The molecule has 8 nitrogen and oxygen atoms in total. The van der Waals surface area contributed by atoms with Crippen molar-refractivity contribution in [1.29, 1.82) is 0 Å². The molecule has 1 aliphatic heterocycles. The SMILES string of the molecule is Cc1nc2cc(C(=O)N3CCN(C(C)C)C(C(N)=O)C3)ccc2n1CCO. The Balaban J connectivity index is 1.84. The number of piperazine rings is 1. The highest BCUT2D eigenvalue weighted by atomic mass is 16.3. The van der Waals surface area contributed by atoms with Crippen LogP contribution in [-0.2, 0) is 11.3 Å². The fourth-order valence-corrected chi connectivity index (χ4v) is 3.80. The number of primary amides is 1. The van der Waals surface area contributed by atoms with E-state index in [2.05, 4.69) is 4.98 Å². The van der Waals surface area contributed by atoms with Gasteiger partial charge in [0, 0.05) is 37.8 Å². The number of nitrogens with two attached hydrogens (primary N) is 1. The van der Waals surface area contributed by atoms with Crippen molar-refractivity contribution in [3.8, 4) is 0 Å². The van der Waals surface area contributed by atoms with Gasteiger partial charge in [0.1, 0.15) is 11.9 Å². The lowest BCUT2D eigenvalue weighted by molar-refractivity contribution is -0.126. The Morgan fingerprint density at radius 1 is 1.33 bits per heavy atom. The Kier molecular flexibility index (Phi) is 5.48. The summed E-state index contributed by atoms with van der Waals surface area (Å²) in [6.07, 6.45) is 0. The number of imidazole rings is 1. The van der Waals surface area contributed by atoms with Crippen molar-refractivity contribution < 1.29 is 14.7 Å². The molecule has 2 amide bonds. The van der Waals surface area contributed by atoms with Gasteiger partial charge < -0.3 is 20.3 Å². The van der Waals surface area contributed by atoms with Gasteiger partial charge in [0.2, 0.25) is 5.91 Å². The lowest BCUT2D eigenvalue weighted by atomic mass is 10.1. The summed E-state index contributed by atoms with van der Waals surface area (Å²) in [5.41, 5.74) is 7.71. The normalized spacial score (nSPS) is 18.4. The Morgan fingerprint density at radius 2 is 2.07 bits per heavy atom. The Labute approximate surface area is 158 Å². The third-order valence-electron chi connectivity index (χ3n) is 5.21. The summed E-state index contributed by atoms with van der Waals surface area (Å²) in [7, 11) is 0. The summed E-state index contributed by atoms with van der Waals surface area (Å²) in [6.45, 7) is 7.87. The van der Waals surface area contributed by atoms with Crippen LogP contribution in [0.4, 0.5) is 0 Å². The van der Waals surface area contributed by atoms with Crippen LogP contribution in [0.3, 0.4) is 0 Å². The van der Waals surface area contributed by atoms with E-state index >= 15 is 0 Å². The highest BCUT2D eigenvalue weighted by Gasteiger charge is 2.34. The van der Waals surface area contributed by atoms with Gasteiger partial charge in [0.25, 0.3) is 5.91 Å². The maximum Gasteiger partial charge on any atom is 0.254 e. The van der Waals surface area contributed by atoms with Crippen molar-refractivity contribution in [3.05, 3.63) is 29.6 Å². The van der Waals surface area contributed by atoms with E-state index in [0.29, 0.717) is 31.7 Å². The zero-order valence-electron chi connectivity index (χ0n) is 16.1. The summed E-state index contributed by atoms with van der Waals surface area (Å²) in [6, 6.07) is 5.11. The molecule has 1 saturated heterocycles. The second-order valence-corrected chi connectivity index (χ2v) is 7.24. The molecule has 1 fully saturated rings. The average molecular weight is 373 g/mol. The minimum absolute atomic E-state index is 0.0294. The first-order valence-electron chi connectivity index (χ1n) is 9.25. The van der Waals surface area contributed by atoms with Gasteiger partial charge in [-0.2, -0.15) is 0 Å². The molecule has 3 N–H and O–H groups in total. The number of aromatic nitrogens is 2. The number of aliphatic hydroxyl groups is 1. The topological polar surface area (TPSA) is 105 Å². The summed E-state index contributed by atoms with van der Waals surface area (Å²) in [5.74, 6) is 0.263. The number of carbonyl (C=O) groups excluding carboxylic acids is 2. The van der Waals surface area contributed by atoms with Gasteiger partial charge in [-0.05, 0) is 39.0 Å². The predicted octanol–water partition coefficient (Wildman–Crippen LogP) is 0.357. The molecule has 27 heavy (non-hydrogen) atoms. The molecule has 2 heterocycles. The minimum atomic E-state index is -0.475. The number of hydrogen-bond acceptors (Lipinski definition) is 5. The number of fused-ring (bicyclic) bond motifs is 1. The third-order valence-corrected chi connectivity index (χ3v) is 5.21. The van der Waals surface area contributed by atoms with Crippen LogP contribution in [0.25, 0.3) is 11.0 Å². The number of aryl methyl sites for hydroxylation is 1. The molecular weight excluding hydrogens is 346 g/mol. The number of hydrogen-bond donors (Lipinski definition) is 2. The van der Waals surface area contributed by atoms with Crippen LogP contribution in [0, 0.1) is 6.92 Å². The lowest BCUT2D eigenvalue weighted by Crippen LogP contribution is -2.61. The maximum atomic E-state index is 13.0. The van der Waals surface area contributed by atoms with Crippen LogP contribution < -0.4 is 5.73 Å². The number of carbonyl (C=O) groups is 2. The van der Waals surface area contributed by atoms with Gasteiger partial charge in [0.15, 0.2) is 0 Å². The van der Waals surface area contributed by atoms with E-state index < -0.39 is 11.9 Å². The van der Waals surface area contributed by atoms with Crippen molar-refractivity contribution >= 4 is 22.8 Å². The fourth-order valence-electron chi connectivity index (χ4n) is 3.80. The third kappa shape index (κ3) is 3.68. The molecular formula is C19H27N5O3. The highest BCUT2D eigenvalue weighted by Crippen LogP contribution is 2.20. The van der Waals surface area contributed by atoms with E-state index in [0.717, 1.165) is 16.9 Å². The molecule has 8 heteroatoms. The van der Waals surface area contributed by atoms with Gasteiger partial charge in [-0.15, -0.1) is 0 Å². The molecule has 0 saturated carbocycles. The molecule has 0 bridgehead atoms. The predicted molar refractivity (Wildman–Crippen MR) is 102 cm³/mol.